The minimum Gasteiger partial charge on any atom is -0.497 e. The molecule has 0 amide bonds. The van der Waals surface area contributed by atoms with Crippen LogP contribution in [0.1, 0.15) is 6.42 Å². The minimum atomic E-state index is -3.20. The van der Waals surface area contributed by atoms with Crippen LogP contribution in [-0.2, 0) is 14.6 Å². The van der Waals surface area contributed by atoms with E-state index >= 15 is 0 Å². The van der Waals surface area contributed by atoms with Crippen molar-refractivity contribution < 1.29 is 17.9 Å². The Kier molecular flexibility index (Phi) is 6.83. The molecule has 0 saturated carbocycles. The van der Waals surface area contributed by atoms with E-state index in [1.807, 2.05) is 0 Å². The summed E-state index contributed by atoms with van der Waals surface area (Å²) in [6.07, 6.45) is 0.581. The van der Waals surface area contributed by atoms with Gasteiger partial charge < -0.3 is 14.8 Å². The van der Waals surface area contributed by atoms with Crippen molar-refractivity contribution in [2.45, 2.75) is 11.3 Å². The Morgan fingerprint density at radius 1 is 1.11 bits per heavy atom. The highest BCUT2D eigenvalue weighted by Crippen LogP contribution is 2.16. The van der Waals surface area contributed by atoms with E-state index in [0.29, 0.717) is 30.2 Å². The van der Waals surface area contributed by atoms with Crippen molar-refractivity contribution in [3.05, 3.63) is 24.3 Å². The quantitative estimate of drug-likeness (QED) is 0.689. The van der Waals surface area contributed by atoms with E-state index in [1.165, 1.54) is 0 Å². The van der Waals surface area contributed by atoms with Gasteiger partial charge in [-0.3, -0.25) is 0 Å². The smallest absolute Gasteiger partial charge is 0.178 e. The monoisotopic (exact) mass is 287 g/mol. The van der Waals surface area contributed by atoms with Crippen LogP contribution in [0.25, 0.3) is 0 Å². The first kappa shape index (κ1) is 15.9. The number of ether oxygens (including phenoxy) is 2. The predicted molar refractivity (Wildman–Crippen MR) is 74.4 cm³/mol. The fourth-order valence-corrected chi connectivity index (χ4v) is 2.90. The van der Waals surface area contributed by atoms with Gasteiger partial charge in [0.05, 0.1) is 24.4 Å². The Labute approximate surface area is 114 Å². The van der Waals surface area contributed by atoms with E-state index in [-0.39, 0.29) is 5.75 Å². The van der Waals surface area contributed by atoms with Gasteiger partial charge in [-0.25, -0.2) is 8.42 Å². The van der Waals surface area contributed by atoms with Crippen LogP contribution >= 0.6 is 0 Å². The van der Waals surface area contributed by atoms with Gasteiger partial charge in [-0.2, -0.15) is 0 Å². The van der Waals surface area contributed by atoms with Gasteiger partial charge in [-0.05, 0) is 37.2 Å². The molecule has 1 aromatic carbocycles. The van der Waals surface area contributed by atoms with Gasteiger partial charge in [-0.1, -0.05) is 0 Å². The van der Waals surface area contributed by atoms with Crippen molar-refractivity contribution in [1.82, 2.24) is 5.32 Å². The molecular weight excluding hydrogens is 266 g/mol. The number of methoxy groups -OCH3 is 2. The third-order valence-electron chi connectivity index (χ3n) is 2.67. The van der Waals surface area contributed by atoms with Crippen LogP contribution in [-0.4, -0.2) is 48.1 Å². The van der Waals surface area contributed by atoms with Crippen molar-refractivity contribution in [1.29, 1.82) is 0 Å². The second-order valence-corrected chi connectivity index (χ2v) is 6.20. The van der Waals surface area contributed by atoms with Crippen LogP contribution in [0.3, 0.4) is 0 Å². The molecule has 1 N–H and O–H groups in total. The average molecular weight is 287 g/mol. The Bertz CT molecular complexity index is 456. The molecule has 0 aliphatic carbocycles. The number of nitrogens with one attached hydrogen (secondary N) is 1. The third kappa shape index (κ3) is 5.59. The number of benzene rings is 1. The molecule has 0 radical (unpaired) electrons. The summed E-state index contributed by atoms with van der Waals surface area (Å²) in [6, 6.07) is 6.46. The number of rotatable bonds is 9. The number of hydrogen-bond acceptors (Lipinski definition) is 5. The molecule has 19 heavy (non-hydrogen) atoms. The molecule has 1 aromatic rings. The average Bonchev–Trinajstić information content (AvgIpc) is 2.43. The van der Waals surface area contributed by atoms with Gasteiger partial charge in [0.15, 0.2) is 9.84 Å². The first-order chi connectivity index (χ1) is 9.10. The van der Waals surface area contributed by atoms with Gasteiger partial charge >= 0.3 is 0 Å². The molecule has 1 rings (SSSR count). The molecule has 108 valence electrons. The molecular formula is C13H21NO4S. The van der Waals surface area contributed by atoms with Crippen LogP contribution in [0.4, 0.5) is 0 Å². The molecule has 5 nitrogen and oxygen atoms in total. The van der Waals surface area contributed by atoms with E-state index in [1.54, 1.807) is 38.5 Å². The highest BCUT2D eigenvalue weighted by Gasteiger charge is 2.13. The SMILES string of the molecule is COCCNCCCS(=O)(=O)c1ccc(OC)cc1. The second-order valence-electron chi connectivity index (χ2n) is 4.09. The number of sulfone groups is 1. The highest BCUT2D eigenvalue weighted by molar-refractivity contribution is 7.91. The zero-order valence-corrected chi connectivity index (χ0v) is 12.2. The Hall–Kier alpha value is -1.11. The van der Waals surface area contributed by atoms with Crippen LogP contribution in [0.2, 0.25) is 0 Å². The maximum Gasteiger partial charge on any atom is 0.178 e. The molecule has 0 saturated heterocycles. The zero-order valence-electron chi connectivity index (χ0n) is 11.4. The maximum absolute atomic E-state index is 12.0. The summed E-state index contributed by atoms with van der Waals surface area (Å²) in [5, 5.41) is 3.12. The first-order valence-electron chi connectivity index (χ1n) is 6.16. The standard InChI is InChI=1S/C13H21NO4S/c1-17-10-9-14-8-3-11-19(15,16)13-6-4-12(18-2)5-7-13/h4-7,14H,3,8-11H2,1-2H3. The summed E-state index contributed by atoms with van der Waals surface area (Å²) in [5.41, 5.74) is 0. The van der Waals surface area contributed by atoms with Crippen LogP contribution in [0.15, 0.2) is 29.2 Å². The van der Waals surface area contributed by atoms with Gasteiger partial charge in [0, 0.05) is 13.7 Å². The molecule has 0 aromatic heterocycles. The van der Waals surface area contributed by atoms with Gasteiger partial charge in [0.25, 0.3) is 0 Å². The van der Waals surface area contributed by atoms with Crippen molar-refractivity contribution in [2.24, 2.45) is 0 Å². The third-order valence-corrected chi connectivity index (χ3v) is 4.48. The maximum atomic E-state index is 12.0. The van der Waals surface area contributed by atoms with Crippen molar-refractivity contribution in [2.75, 3.05) is 39.7 Å². The lowest BCUT2D eigenvalue weighted by atomic mass is 10.3. The van der Waals surface area contributed by atoms with Gasteiger partial charge in [0.2, 0.25) is 0 Å². The number of hydrogen-bond donors (Lipinski definition) is 1. The largest absolute Gasteiger partial charge is 0.497 e. The summed E-state index contributed by atoms with van der Waals surface area (Å²) >= 11 is 0. The summed E-state index contributed by atoms with van der Waals surface area (Å²) < 4.78 is 33.9. The lowest BCUT2D eigenvalue weighted by Crippen LogP contribution is -2.22. The van der Waals surface area contributed by atoms with Crippen LogP contribution in [0.5, 0.6) is 5.75 Å². The Balaban J connectivity index is 2.42. The Morgan fingerprint density at radius 2 is 1.79 bits per heavy atom. The predicted octanol–water partition coefficient (Wildman–Crippen LogP) is 1.09. The van der Waals surface area contributed by atoms with Gasteiger partial charge in [-0.15, -0.1) is 0 Å². The molecule has 0 bridgehead atoms. The van der Waals surface area contributed by atoms with Crippen LogP contribution in [0, 0.1) is 0 Å². The molecule has 0 heterocycles. The van der Waals surface area contributed by atoms with Crippen molar-refractivity contribution in [3.63, 3.8) is 0 Å². The van der Waals surface area contributed by atoms with Crippen molar-refractivity contribution >= 4 is 9.84 Å². The molecule has 0 aliphatic rings. The summed E-state index contributed by atoms with van der Waals surface area (Å²) in [7, 11) is -0.0193. The second kappa shape index (κ2) is 8.14. The molecule has 0 fully saturated rings. The lowest BCUT2D eigenvalue weighted by Gasteiger charge is -2.06. The first-order valence-corrected chi connectivity index (χ1v) is 7.82. The van der Waals surface area contributed by atoms with E-state index in [4.69, 9.17) is 9.47 Å². The van der Waals surface area contributed by atoms with Gasteiger partial charge in [0.1, 0.15) is 5.75 Å². The molecule has 0 spiro atoms. The van der Waals surface area contributed by atoms with E-state index in [0.717, 1.165) is 6.54 Å². The summed E-state index contributed by atoms with van der Waals surface area (Å²) in [4.78, 5) is 0.338. The van der Waals surface area contributed by atoms with E-state index in [9.17, 15) is 8.42 Å². The lowest BCUT2D eigenvalue weighted by molar-refractivity contribution is 0.199. The topological polar surface area (TPSA) is 64.6 Å². The Morgan fingerprint density at radius 3 is 2.37 bits per heavy atom. The fourth-order valence-electron chi connectivity index (χ4n) is 1.59. The van der Waals surface area contributed by atoms with E-state index in [2.05, 4.69) is 5.32 Å². The highest BCUT2D eigenvalue weighted by atomic mass is 32.2. The molecule has 0 atom stereocenters. The zero-order chi connectivity index (χ0) is 14.1. The normalized spacial score (nSPS) is 11.5. The minimum absolute atomic E-state index is 0.138. The fraction of sp³-hybridized carbons (Fsp3) is 0.538. The van der Waals surface area contributed by atoms with E-state index < -0.39 is 9.84 Å². The molecule has 0 unspecified atom stereocenters. The summed E-state index contributed by atoms with van der Waals surface area (Å²) in [5.74, 6) is 0.791. The summed E-state index contributed by atoms with van der Waals surface area (Å²) in [6.45, 7) is 2.03. The van der Waals surface area contributed by atoms with Crippen molar-refractivity contribution in [3.8, 4) is 5.75 Å². The molecule has 6 heteroatoms. The molecule has 0 aliphatic heterocycles. The van der Waals surface area contributed by atoms with Crippen LogP contribution < -0.4 is 10.1 Å².